The number of nitrogens with one attached hydrogen (secondary N) is 1. The molecule has 1 aliphatic carbocycles. The van der Waals surface area contributed by atoms with Gasteiger partial charge in [-0.2, -0.15) is 0 Å². The number of halogens is 2. The summed E-state index contributed by atoms with van der Waals surface area (Å²) in [5, 5.41) is 3.30. The van der Waals surface area contributed by atoms with Gasteiger partial charge in [0.15, 0.2) is 0 Å². The van der Waals surface area contributed by atoms with E-state index in [2.05, 4.69) is 11.4 Å². The summed E-state index contributed by atoms with van der Waals surface area (Å²) in [4.78, 5) is 0. The Morgan fingerprint density at radius 1 is 1.10 bits per heavy atom. The minimum absolute atomic E-state index is 0.243. The molecule has 0 radical (unpaired) electrons. The molecule has 20 heavy (non-hydrogen) atoms. The van der Waals surface area contributed by atoms with E-state index in [1.165, 1.54) is 30.0 Å². The highest BCUT2D eigenvalue weighted by Gasteiger charge is 2.14. The van der Waals surface area contributed by atoms with Crippen molar-refractivity contribution in [2.24, 2.45) is 0 Å². The van der Waals surface area contributed by atoms with Crippen molar-refractivity contribution in [3.8, 4) is 0 Å². The lowest BCUT2D eigenvalue weighted by atomic mass is 9.90. The second kappa shape index (κ2) is 5.60. The fourth-order valence-corrected chi connectivity index (χ4v) is 3.21. The van der Waals surface area contributed by atoms with Gasteiger partial charge in [0, 0.05) is 11.8 Å². The molecule has 0 bridgehead atoms. The van der Waals surface area contributed by atoms with Crippen LogP contribution in [0.3, 0.4) is 0 Å². The summed E-state index contributed by atoms with van der Waals surface area (Å²) >= 11 is 1.95. The van der Waals surface area contributed by atoms with Crippen LogP contribution < -0.4 is 11.1 Å². The third-order valence-electron chi connectivity index (χ3n) is 3.76. The Hall–Kier alpha value is -1.30. The van der Waals surface area contributed by atoms with Crippen molar-refractivity contribution in [2.75, 3.05) is 11.1 Å². The largest absolute Gasteiger partial charge is 0.397 e. The molecular weight excluding hydrogens is 366 g/mol. The van der Waals surface area contributed by atoms with Gasteiger partial charge in [-0.3, -0.25) is 0 Å². The molecule has 0 saturated carbocycles. The van der Waals surface area contributed by atoms with E-state index < -0.39 is 0 Å². The van der Waals surface area contributed by atoms with Crippen molar-refractivity contribution < 1.29 is 4.39 Å². The quantitative estimate of drug-likeness (QED) is 0.587. The summed E-state index contributed by atoms with van der Waals surface area (Å²) in [6, 6.07) is 9.40. The van der Waals surface area contributed by atoms with Crippen LogP contribution in [0.4, 0.5) is 21.5 Å². The van der Waals surface area contributed by atoms with Crippen LogP contribution in [0.1, 0.15) is 24.0 Å². The van der Waals surface area contributed by atoms with Gasteiger partial charge >= 0.3 is 0 Å². The van der Waals surface area contributed by atoms with Gasteiger partial charge < -0.3 is 11.1 Å². The number of fused-ring (bicyclic) bond motifs is 1. The minimum atomic E-state index is -0.243. The van der Waals surface area contributed by atoms with Crippen molar-refractivity contribution in [3.63, 3.8) is 0 Å². The van der Waals surface area contributed by atoms with E-state index in [-0.39, 0.29) is 5.82 Å². The van der Waals surface area contributed by atoms with Crippen LogP contribution >= 0.6 is 22.6 Å². The molecule has 3 rings (SSSR count). The normalized spacial score (nSPS) is 13.9. The Bertz CT molecular complexity index is 655. The zero-order valence-corrected chi connectivity index (χ0v) is 13.2. The number of benzene rings is 2. The topological polar surface area (TPSA) is 38.0 Å². The van der Waals surface area contributed by atoms with Crippen molar-refractivity contribution in [3.05, 3.63) is 50.8 Å². The molecule has 0 saturated heterocycles. The Morgan fingerprint density at radius 2 is 1.90 bits per heavy atom. The van der Waals surface area contributed by atoms with Crippen LogP contribution in [-0.2, 0) is 12.8 Å². The highest BCUT2D eigenvalue weighted by molar-refractivity contribution is 14.1. The van der Waals surface area contributed by atoms with Gasteiger partial charge in [-0.05, 0) is 71.5 Å². The molecule has 0 unspecified atom stereocenters. The van der Waals surface area contributed by atoms with Gasteiger partial charge in [-0.25, -0.2) is 4.39 Å². The third-order valence-corrected chi connectivity index (χ3v) is 4.58. The van der Waals surface area contributed by atoms with E-state index in [1.807, 2.05) is 34.7 Å². The van der Waals surface area contributed by atoms with Gasteiger partial charge in [0.1, 0.15) is 5.82 Å². The zero-order chi connectivity index (χ0) is 14.1. The fourth-order valence-electron chi connectivity index (χ4n) is 2.71. The average molecular weight is 382 g/mol. The number of rotatable bonds is 2. The molecular formula is C16H16FIN2. The summed E-state index contributed by atoms with van der Waals surface area (Å²) in [5.74, 6) is -0.243. The molecule has 2 aromatic rings. The monoisotopic (exact) mass is 382 g/mol. The molecule has 0 atom stereocenters. The van der Waals surface area contributed by atoms with Crippen LogP contribution in [0.5, 0.6) is 0 Å². The fraction of sp³-hybridized carbons (Fsp3) is 0.250. The maximum absolute atomic E-state index is 13.7. The first-order valence-electron chi connectivity index (χ1n) is 6.77. The van der Waals surface area contributed by atoms with Crippen molar-refractivity contribution >= 4 is 39.7 Å². The van der Waals surface area contributed by atoms with Crippen molar-refractivity contribution in [1.82, 2.24) is 0 Å². The standard InChI is InChI=1S/C16H16FIN2/c17-12-8-16(14(19)9-13(12)18)20-15-7-3-5-10-4-1-2-6-11(10)15/h3,5,7-9,20H,1-2,4,6,19H2. The van der Waals surface area contributed by atoms with Crippen molar-refractivity contribution in [2.45, 2.75) is 25.7 Å². The number of nitrogens with two attached hydrogens (primary N) is 1. The first-order valence-corrected chi connectivity index (χ1v) is 7.85. The predicted molar refractivity (Wildman–Crippen MR) is 89.9 cm³/mol. The van der Waals surface area contributed by atoms with Crippen LogP contribution in [-0.4, -0.2) is 0 Å². The van der Waals surface area contributed by atoms with E-state index in [1.54, 1.807) is 6.07 Å². The Kier molecular flexibility index (Phi) is 3.83. The first-order chi connectivity index (χ1) is 9.65. The molecule has 0 fully saturated rings. The number of anilines is 3. The lowest BCUT2D eigenvalue weighted by Gasteiger charge is -2.20. The average Bonchev–Trinajstić information content (AvgIpc) is 2.45. The number of aryl methyl sites for hydroxylation is 1. The molecule has 104 valence electrons. The van der Waals surface area contributed by atoms with E-state index in [4.69, 9.17) is 5.73 Å². The molecule has 1 aliphatic rings. The lowest BCUT2D eigenvalue weighted by Crippen LogP contribution is -2.07. The number of nitrogen functional groups attached to an aromatic ring is 1. The minimum Gasteiger partial charge on any atom is -0.397 e. The van der Waals surface area contributed by atoms with E-state index in [9.17, 15) is 4.39 Å². The van der Waals surface area contributed by atoms with Gasteiger partial charge in [0.05, 0.1) is 14.9 Å². The second-order valence-corrected chi connectivity index (χ2v) is 6.29. The molecule has 2 aromatic carbocycles. The van der Waals surface area contributed by atoms with Gasteiger partial charge in [-0.1, -0.05) is 12.1 Å². The molecule has 0 heterocycles. The van der Waals surface area contributed by atoms with Crippen molar-refractivity contribution in [1.29, 1.82) is 0 Å². The van der Waals surface area contributed by atoms with Gasteiger partial charge in [-0.15, -0.1) is 0 Å². The molecule has 0 aliphatic heterocycles. The molecule has 3 N–H and O–H groups in total. The highest BCUT2D eigenvalue weighted by Crippen LogP contribution is 2.32. The van der Waals surface area contributed by atoms with Gasteiger partial charge in [0.25, 0.3) is 0 Å². The van der Waals surface area contributed by atoms with Crippen LogP contribution in [0.2, 0.25) is 0 Å². The summed E-state index contributed by atoms with van der Waals surface area (Å²) in [7, 11) is 0. The summed E-state index contributed by atoms with van der Waals surface area (Å²) in [6.45, 7) is 0. The highest BCUT2D eigenvalue weighted by atomic mass is 127. The predicted octanol–water partition coefficient (Wildman–Crippen LogP) is 4.63. The summed E-state index contributed by atoms with van der Waals surface area (Å²) in [5.41, 5.74) is 11.0. The van der Waals surface area contributed by atoms with Crippen LogP contribution in [0.25, 0.3) is 0 Å². The zero-order valence-electron chi connectivity index (χ0n) is 11.0. The Labute approximate surface area is 131 Å². The van der Waals surface area contributed by atoms with Crippen LogP contribution in [0, 0.1) is 9.39 Å². The molecule has 2 nitrogen and oxygen atoms in total. The lowest BCUT2D eigenvalue weighted by molar-refractivity contribution is 0.621. The summed E-state index contributed by atoms with van der Waals surface area (Å²) < 4.78 is 14.2. The van der Waals surface area contributed by atoms with E-state index >= 15 is 0 Å². The van der Waals surface area contributed by atoms with E-state index in [0.717, 1.165) is 18.5 Å². The first kappa shape index (κ1) is 13.7. The second-order valence-electron chi connectivity index (χ2n) is 5.13. The Balaban J connectivity index is 1.98. The van der Waals surface area contributed by atoms with E-state index in [0.29, 0.717) is 14.9 Å². The SMILES string of the molecule is Nc1cc(I)c(F)cc1Nc1cccc2c1CCCC2. The molecule has 0 aromatic heterocycles. The maximum Gasteiger partial charge on any atom is 0.138 e. The molecule has 4 heteroatoms. The maximum atomic E-state index is 13.7. The smallest absolute Gasteiger partial charge is 0.138 e. The number of hydrogen-bond donors (Lipinski definition) is 2. The molecule has 0 spiro atoms. The third kappa shape index (κ3) is 2.61. The number of hydrogen-bond acceptors (Lipinski definition) is 2. The van der Waals surface area contributed by atoms with Gasteiger partial charge in [0.2, 0.25) is 0 Å². The Morgan fingerprint density at radius 3 is 2.75 bits per heavy atom. The molecule has 0 amide bonds. The summed E-state index contributed by atoms with van der Waals surface area (Å²) in [6.07, 6.45) is 4.66. The van der Waals surface area contributed by atoms with Crippen LogP contribution in [0.15, 0.2) is 30.3 Å².